The van der Waals surface area contributed by atoms with E-state index >= 15 is 0 Å². The van der Waals surface area contributed by atoms with Crippen LogP contribution in [0.4, 0.5) is 0 Å². The fourth-order valence-corrected chi connectivity index (χ4v) is 3.83. The second-order valence-electron chi connectivity index (χ2n) is 4.95. The number of carbonyl (C=O) groups is 1. The van der Waals surface area contributed by atoms with Crippen LogP contribution >= 0.6 is 0 Å². The molecule has 5 atom stereocenters. The van der Waals surface area contributed by atoms with Crippen LogP contribution in [0.1, 0.15) is 26.2 Å². The molecule has 2 fully saturated rings. The highest BCUT2D eigenvalue weighted by atomic mass is 16.5. The second kappa shape index (κ2) is 2.85. The molecular formula is C12H16O2. The summed E-state index contributed by atoms with van der Waals surface area (Å²) in [6, 6.07) is 0. The molecule has 0 aromatic heterocycles. The highest BCUT2D eigenvalue weighted by Gasteiger charge is 2.53. The topological polar surface area (TPSA) is 26.3 Å². The molecule has 0 N–H and O–H groups in total. The Morgan fingerprint density at radius 1 is 1.36 bits per heavy atom. The molecule has 0 aliphatic heterocycles. The Morgan fingerprint density at radius 2 is 2.21 bits per heavy atom. The Kier molecular flexibility index (Phi) is 1.73. The smallest absolute Gasteiger partial charge is 0.302 e. The largest absolute Gasteiger partial charge is 0.462 e. The van der Waals surface area contributed by atoms with Gasteiger partial charge in [-0.15, -0.1) is 0 Å². The molecule has 0 aromatic rings. The number of fused-ring (bicyclic) bond motifs is 5. The van der Waals surface area contributed by atoms with E-state index in [-0.39, 0.29) is 12.1 Å². The first-order valence-electron chi connectivity index (χ1n) is 5.59. The molecule has 0 aromatic carbocycles. The molecule has 2 nitrogen and oxygen atoms in total. The number of ether oxygens (including phenoxy) is 1. The van der Waals surface area contributed by atoms with Crippen molar-refractivity contribution in [1.82, 2.24) is 0 Å². The Labute approximate surface area is 84.3 Å². The molecule has 2 bridgehead atoms. The monoisotopic (exact) mass is 192 g/mol. The molecule has 0 radical (unpaired) electrons. The van der Waals surface area contributed by atoms with E-state index in [1.165, 1.54) is 19.8 Å². The van der Waals surface area contributed by atoms with Crippen molar-refractivity contribution in [3.05, 3.63) is 12.2 Å². The summed E-state index contributed by atoms with van der Waals surface area (Å²) in [6.45, 7) is 1.52. The average Bonchev–Trinajstić information content (AvgIpc) is 2.68. The maximum atomic E-state index is 10.9. The molecule has 0 spiro atoms. The van der Waals surface area contributed by atoms with Gasteiger partial charge in [0.25, 0.3) is 0 Å². The lowest BCUT2D eigenvalue weighted by molar-refractivity contribution is -0.149. The van der Waals surface area contributed by atoms with Gasteiger partial charge >= 0.3 is 5.97 Å². The minimum absolute atomic E-state index is 0.110. The molecule has 0 saturated heterocycles. The molecule has 3 rings (SSSR count). The van der Waals surface area contributed by atoms with E-state index in [2.05, 4.69) is 12.2 Å². The first kappa shape index (κ1) is 8.51. The van der Waals surface area contributed by atoms with Crippen molar-refractivity contribution in [3.8, 4) is 0 Å². The van der Waals surface area contributed by atoms with Gasteiger partial charge in [-0.1, -0.05) is 12.2 Å². The van der Waals surface area contributed by atoms with Crippen molar-refractivity contribution in [1.29, 1.82) is 0 Å². The lowest BCUT2D eigenvalue weighted by Crippen LogP contribution is -2.31. The van der Waals surface area contributed by atoms with Crippen LogP contribution in [-0.2, 0) is 9.53 Å². The summed E-state index contributed by atoms with van der Waals surface area (Å²) in [6.07, 6.45) is 8.56. The fourth-order valence-electron chi connectivity index (χ4n) is 3.83. The maximum absolute atomic E-state index is 10.9. The summed E-state index contributed by atoms with van der Waals surface area (Å²) >= 11 is 0. The van der Waals surface area contributed by atoms with Crippen molar-refractivity contribution in [2.75, 3.05) is 0 Å². The summed E-state index contributed by atoms with van der Waals surface area (Å²) in [5.74, 6) is 2.95. The molecule has 2 heteroatoms. The molecule has 3 aliphatic rings. The van der Waals surface area contributed by atoms with E-state index in [1.54, 1.807) is 0 Å². The van der Waals surface area contributed by atoms with E-state index in [0.717, 1.165) is 24.2 Å². The number of hydrogen-bond donors (Lipinski definition) is 0. The molecule has 2 saturated carbocycles. The van der Waals surface area contributed by atoms with E-state index in [4.69, 9.17) is 4.74 Å². The quantitative estimate of drug-likeness (QED) is 0.470. The number of allylic oxidation sites excluding steroid dienone is 2. The van der Waals surface area contributed by atoms with Crippen molar-refractivity contribution >= 4 is 5.97 Å². The van der Waals surface area contributed by atoms with E-state index in [0.29, 0.717) is 5.92 Å². The third-order valence-electron chi connectivity index (χ3n) is 4.27. The van der Waals surface area contributed by atoms with Gasteiger partial charge in [0, 0.05) is 12.8 Å². The van der Waals surface area contributed by atoms with Crippen LogP contribution in [-0.4, -0.2) is 12.1 Å². The molecular weight excluding hydrogens is 176 g/mol. The van der Waals surface area contributed by atoms with Crippen LogP contribution in [0.25, 0.3) is 0 Å². The van der Waals surface area contributed by atoms with E-state index in [1.807, 2.05) is 0 Å². The van der Waals surface area contributed by atoms with Gasteiger partial charge in [-0.05, 0) is 37.0 Å². The maximum Gasteiger partial charge on any atom is 0.302 e. The first-order valence-corrected chi connectivity index (χ1v) is 5.59. The van der Waals surface area contributed by atoms with E-state index in [9.17, 15) is 4.79 Å². The summed E-state index contributed by atoms with van der Waals surface area (Å²) in [5.41, 5.74) is 0. The van der Waals surface area contributed by atoms with Crippen LogP contribution in [0.15, 0.2) is 12.2 Å². The molecule has 3 aliphatic carbocycles. The van der Waals surface area contributed by atoms with Gasteiger partial charge in [0.15, 0.2) is 0 Å². The minimum Gasteiger partial charge on any atom is -0.462 e. The Balaban J connectivity index is 1.76. The van der Waals surface area contributed by atoms with Crippen molar-refractivity contribution in [3.63, 3.8) is 0 Å². The normalized spacial score (nSPS) is 48.2. The molecule has 14 heavy (non-hydrogen) atoms. The fraction of sp³-hybridized carbons (Fsp3) is 0.750. The highest BCUT2D eigenvalue weighted by molar-refractivity contribution is 5.66. The van der Waals surface area contributed by atoms with Crippen molar-refractivity contribution < 1.29 is 9.53 Å². The number of rotatable bonds is 1. The van der Waals surface area contributed by atoms with Crippen molar-refractivity contribution in [2.45, 2.75) is 32.3 Å². The average molecular weight is 192 g/mol. The summed E-state index contributed by atoms with van der Waals surface area (Å²) in [5, 5.41) is 0. The third-order valence-corrected chi connectivity index (χ3v) is 4.27. The SMILES string of the molecule is CC(=O)OC1CC2CC1C1C=CCC21. The summed E-state index contributed by atoms with van der Waals surface area (Å²) < 4.78 is 5.38. The predicted molar refractivity (Wildman–Crippen MR) is 52.5 cm³/mol. The van der Waals surface area contributed by atoms with Gasteiger partial charge in [-0.3, -0.25) is 4.79 Å². The summed E-state index contributed by atoms with van der Waals surface area (Å²) in [4.78, 5) is 10.9. The zero-order chi connectivity index (χ0) is 9.71. The minimum atomic E-state index is -0.110. The van der Waals surface area contributed by atoms with Gasteiger partial charge in [0.05, 0.1) is 0 Å². The van der Waals surface area contributed by atoms with Gasteiger partial charge in [0.2, 0.25) is 0 Å². The zero-order valence-electron chi connectivity index (χ0n) is 8.48. The third kappa shape index (κ3) is 1.06. The molecule has 0 amide bonds. The number of esters is 1. The lowest BCUT2D eigenvalue weighted by Gasteiger charge is -2.30. The van der Waals surface area contributed by atoms with Crippen LogP contribution in [0.2, 0.25) is 0 Å². The Bertz CT molecular complexity index is 295. The van der Waals surface area contributed by atoms with Gasteiger partial charge in [0.1, 0.15) is 6.10 Å². The van der Waals surface area contributed by atoms with Gasteiger partial charge in [-0.25, -0.2) is 0 Å². The molecule has 5 unspecified atom stereocenters. The second-order valence-corrected chi connectivity index (χ2v) is 4.95. The summed E-state index contributed by atoms with van der Waals surface area (Å²) in [7, 11) is 0. The van der Waals surface area contributed by atoms with Crippen LogP contribution in [0, 0.1) is 23.7 Å². The predicted octanol–water partition coefficient (Wildman–Crippen LogP) is 2.15. The molecule has 0 heterocycles. The highest BCUT2D eigenvalue weighted by Crippen LogP contribution is 2.57. The number of carbonyl (C=O) groups excluding carboxylic acids is 1. The van der Waals surface area contributed by atoms with Gasteiger partial charge in [-0.2, -0.15) is 0 Å². The van der Waals surface area contributed by atoms with Crippen LogP contribution in [0.3, 0.4) is 0 Å². The van der Waals surface area contributed by atoms with E-state index < -0.39 is 0 Å². The standard InChI is InChI=1S/C12H16O2/c1-7(13)14-12-6-8-5-11(12)10-4-2-3-9(8)10/h2,4,8-12H,3,5-6H2,1H3. The van der Waals surface area contributed by atoms with Crippen molar-refractivity contribution in [2.24, 2.45) is 23.7 Å². The molecule has 76 valence electrons. The zero-order valence-corrected chi connectivity index (χ0v) is 8.48. The van der Waals surface area contributed by atoms with Crippen LogP contribution in [0.5, 0.6) is 0 Å². The first-order chi connectivity index (χ1) is 6.75. The Hall–Kier alpha value is -0.790. The lowest BCUT2D eigenvalue weighted by atomic mass is 9.80. The number of hydrogen-bond acceptors (Lipinski definition) is 2. The Morgan fingerprint density at radius 3 is 3.00 bits per heavy atom. The van der Waals surface area contributed by atoms with Gasteiger partial charge < -0.3 is 4.74 Å². The van der Waals surface area contributed by atoms with Crippen LogP contribution < -0.4 is 0 Å².